The van der Waals surface area contributed by atoms with Gasteiger partial charge in [0.15, 0.2) is 0 Å². The van der Waals surface area contributed by atoms with E-state index < -0.39 is 10.0 Å². The van der Waals surface area contributed by atoms with Gasteiger partial charge in [-0.05, 0) is 56.5 Å². The number of benzene rings is 1. The lowest BCUT2D eigenvalue weighted by Crippen LogP contribution is -2.26. The van der Waals surface area contributed by atoms with Crippen molar-refractivity contribution in [1.29, 1.82) is 0 Å². The van der Waals surface area contributed by atoms with Crippen LogP contribution in [-0.4, -0.2) is 39.7 Å². The molecule has 136 valence electrons. The van der Waals surface area contributed by atoms with Crippen LogP contribution in [0.1, 0.15) is 36.5 Å². The van der Waals surface area contributed by atoms with Crippen molar-refractivity contribution in [2.45, 2.75) is 26.2 Å². The van der Waals surface area contributed by atoms with E-state index in [2.05, 4.69) is 15.4 Å². The first-order chi connectivity index (χ1) is 11.0. The van der Waals surface area contributed by atoms with Gasteiger partial charge in [0.2, 0.25) is 10.0 Å². The molecule has 8 heteroatoms. The van der Waals surface area contributed by atoms with Gasteiger partial charge in [0.1, 0.15) is 0 Å². The predicted molar refractivity (Wildman–Crippen MR) is 99.3 cm³/mol. The SMILES string of the molecule is CCCS(=O)(=O)Nc1cccc(C(=O)NCCC2CCNC2)c1.Cl. The summed E-state index contributed by atoms with van der Waals surface area (Å²) in [4.78, 5) is 12.2. The van der Waals surface area contributed by atoms with Gasteiger partial charge in [-0.3, -0.25) is 9.52 Å². The highest BCUT2D eigenvalue weighted by molar-refractivity contribution is 7.92. The molecule has 1 fully saturated rings. The largest absolute Gasteiger partial charge is 0.352 e. The fraction of sp³-hybridized carbons (Fsp3) is 0.562. The molecule has 0 aliphatic carbocycles. The zero-order valence-electron chi connectivity index (χ0n) is 13.9. The third kappa shape index (κ3) is 6.67. The van der Waals surface area contributed by atoms with Crippen LogP contribution in [0.5, 0.6) is 0 Å². The van der Waals surface area contributed by atoms with Crippen LogP contribution in [-0.2, 0) is 10.0 Å². The van der Waals surface area contributed by atoms with Crippen molar-refractivity contribution in [1.82, 2.24) is 10.6 Å². The minimum atomic E-state index is -3.34. The first kappa shape index (κ1) is 20.7. The summed E-state index contributed by atoms with van der Waals surface area (Å²) in [5.41, 5.74) is 0.886. The normalized spacial score (nSPS) is 17.1. The minimum Gasteiger partial charge on any atom is -0.352 e. The molecule has 6 nitrogen and oxygen atoms in total. The number of carbonyl (C=O) groups excluding carboxylic acids is 1. The van der Waals surface area contributed by atoms with E-state index in [4.69, 9.17) is 0 Å². The first-order valence-electron chi connectivity index (χ1n) is 8.09. The van der Waals surface area contributed by atoms with Gasteiger partial charge in [0.05, 0.1) is 5.75 Å². The van der Waals surface area contributed by atoms with Crippen LogP contribution < -0.4 is 15.4 Å². The maximum atomic E-state index is 12.2. The summed E-state index contributed by atoms with van der Waals surface area (Å²) in [7, 11) is -3.34. The van der Waals surface area contributed by atoms with E-state index in [-0.39, 0.29) is 24.1 Å². The number of sulfonamides is 1. The maximum absolute atomic E-state index is 12.2. The molecule has 0 bridgehead atoms. The molecule has 3 N–H and O–H groups in total. The molecule has 0 saturated carbocycles. The standard InChI is InChI=1S/C16H25N3O3S.ClH/c1-2-10-23(21,22)19-15-5-3-4-14(11-15)16(20)18-9-7-13-6-8-17-12-13;/h3-5,11,13,17,19H,2,6-10,12H2,1H3,(H,18,20);1H. The van der Waals surface area contributed by atoms with Gasteiger partial charge < -0.3 is 10.6 Å². The Morgan fingerprint density at radius 2 is 2.17 bits per heavy atom. The van der Waals surface area contributed by atoms with Crippen molar-refractivity contribution in [3.05, 3.63) is 29.8 Å². The Hall–Kier alpha value is -1.31. The van der Waals surface area contributed by atoms with E-state index in [0.29, 0.717) is 30.1 Å². The molecule has 1 saturated heterocycles. The summed E-state index contributed by atoms with van der Waals surface area (Å²) in [5, 5.41) is 6.20. The second kappa shape index (κ2) is 9.86. The number of rotatable bonds is 8. The minimum absolute atomic E-state index is 0. The van der Waals surface area contributed by atoms with Crippen molar-refractivity contribution in [2.75, 3.05) is 30.1 Å². The molecule has 0 spiro atoms. The Balaban J connectivity index is 0.00000288. The molecule has 0 radical (unpaired) electrons. The van der Waals surface area contributed by atoms with Crippen LogP contribution in [0.2, 0.25) is 0 Å². The van der Waals surface area contributed by atoms with Crippen molar-refractivity contribution in [2.24, 2.45) is 5.92 Å². The lowest BCUT2D eigenvalue weighted by Gasteiger charge is -2.11. The summed E-state index contributed by atoms with van der Waals surface area (Å²) in [6.07, 6.45) is 2.66. The van der Waals surface area contributed by atoms with Crippen LogP contribution in [0, 0.1) is 5.92 Å². The van der Waals surface area contributed by atoms with Crippen LogP contribution >= 0.6 is 12.4 Å². The van der Waals surface area contributed by atoms with Crippen molar-refractivity contribution in [3.8, 4) is 0 Å². The molecular weight excluding hydrogens is 350 g/mol. The number of nitrogens with one attached hydrogen (secondary N) is 3. The third-order valence-electron chi connectivity index (χ3n) is 3.87. The number of hydrogen-bond acceptors (Lipinski definition) is 4. The van der Waals surface area contributed by atoms with Crippen LogP contribution in [0.15, 0.2) is 24.3 Å². The number of carbonyl (C=O) groups is 1. The Bertz CT molecular complexity index is 631. The highest BCUT2D eigenvalue weighted by Crippen LogP contribution is 2.14. The molecule has 1 heterocycles. The summed E-state index contributed by atoms with van der Waals surface area (Å²) in [5.74, 6) is 0.522. The average molecular weight is 376 g/mol. The zero-order chi connectivity index (χ0) is 16.7. The Labute approximate surface area is 150 Å². The molecule has 2 rings (SSSR count). The molecule has 1 atom stereocenters. The van der Waals surface area contributed by atoms with Crippen LogP contribution in [0.4, 0.5) is 5.69 Å². The van der Waals surface area contributed by atoms with Gasteiger partial charge in [-0.15, -0.1) is 12.4 Å². The topological polar surface area (TPSA) is 87.3 Å². The van der Waals surface area contributed by atoms with E-state index in [9.17, 15) is 13.2 Å². The molecule has 1 aliphatic heterocycles. The lowest BCUT2D eigenvalue weighted by atomic mass is 10.1. The number of amides is 1. The van der Waals surface area contributed by atoms with Gasteiger partial charge in [-0.2, -0.15) is 0 Å². The molecular formula is C16H26ClN3O3S. The predicted octanol–water partition coefficient (Wildman–Crippen LogP) is 1.99. The van der Waals surface area contributed by atoms with E-state index in [1.807, 2.05) is 6.92 Å². The van der Waals surface area contributed by atoms with Gasteiger partial charge in [-0.1, -0.05) is 13.0 Å². The molecule has 24 heavy (non-hydrogen) atoms. The molecule has 1 amide bonds. The van der Waals surface area contributed by atoms with E-state index >= 15 is 0 Å². The molecule has 1 aromatic carbocycles. The molecule has 0 aromatic heterocycles. The van der Waals surface area contributed by atoms with Crippen molar-refractivity contribution >= 4 is 34.0 Å². The van der Waals surface area contributed by atoms with Gasteiger partial charge >= 0.3 is 0 Å². The van der Waals surface area contributed by atoms with E-state index in [1.165, 1.54) is 0 Å². The van der Waals surface area contributed by atoms with E-state index in [1.54, 1.807) is 24.3 Å². The maximum Gasteiger partial charge on any atom is 0.251 e. The van der Waals surface area contributed by atoms with Crippen LogP contribution in [0.3, 0.4) is 0 Å². The average Bonchev–Trinajstić information content (AvgIpc) is 3.00. The molecule has 1 aliphatic rings. The van der Waals surface area contributed by atoms with E-state index in [0.717, 1.165) is 25.9 Å². The summed E-state index contributed by atoms with van der Waals surface area (Å²) >= 11 is 0. The lowest BCUT2D eigenvalue weighted by molar-refractivity contribution is 0.0951. The first-order valence-corrected chi connectivity index (χ1v) is 9.75. The van der Waals surface area contributed by atoms with Gasteiger partial charge in [0.25, 0.3) is 5.91 Å². The monoisotopic (exact) mass is 375 g/mol. The fourth-order valence-corrected chi connectivity index (χ4v) is 3.80. The second-order valence-electron chi connectivity index (χ2n) is 5.91. The molecule has 1 aromatic rings. The summed E-state index contributed by atoms with van der Waals surface area (Å²) < 4.78 is 26.1. The highest BCUT2D eigenvalue weighted by atomic mass is 35.5. The molecule has 1 unspecified atom stereocenters. The smallest absolute Gasteiger partial charge is 0.251 e. The Kier molecular flexibility index (Phi) is 8.52. The van der Waals surface area contributed by atoms with Crippen molar-refractivity contribution < 1.29 is 13.2 Å². The van der Waals surface area contributed by atoms with Crippen molar-refractivity contribution in [3.63, 3.8) is 0 Å². The highest BCUT2D eigenvalue weighted by Gasteiger charge is 2.15. The van der Waals surface area contributed by atoms with Gasteiger partial charge in [0, 0.05) is 17.8 Å². The number of anilines is 1. The Morgan fingerprint density at radius 1 is 1.38 bits per heavy atom. The second-order valence-corrected chi connectivity index (χ2v) is 7.75. The Morgan fingerprint density at radius 3 is 2.83 bits per heavy atom. The summed E-state index contributed by atoms with van der Waals surface area (Å²) in [6.45, 7) is 4.52. The third-order valence-corrected chi connectivity index (χ3v) is 5.36. The number of hydrogen-bond donors (Lipinski definition) is 3. The van der Waals surface area contributed by atoms with Crippen LogP contribution in [0.25, 0.3) is 0 Å². The quantitative estimate of drug-likeness (QED) is 0.648. The zero-order valence-corrected chi connectivity index (χ0v) is 15.5. The number of halogens is 1. The van der Waals surface area contributed by atoms with Gasteiger partial charge in [-0.25, -0.2) is 8.42 Å². The fourth-order valence-electron chi connectivity index (χ4n) is 2.68. The summed E-state index contributed by atoms with van der Waals surface area (Å²) in [6, 6.07) is 6.58.